The number of piperidine rings is 1. The van der Waals surface area contributed by atoms with Gasteiger partial charge in [-0.15, -0.1) is 0 Å². The Kier molecular flexibility index (Phi) is 6.06. The molecular weight excluding hydrogens is 414 g/mol. The third kappa shape index (κ3) is 4.22. The lowest BCUT2D eigenvalue weighted by Gasteiger charge is -2.44. The summed E-state index contributed by atoms with van der Waals surface area (Å²) in [5, 5.41) is 14.3. The molecule has 1 saturated carbocycles. The fraction of sp³-hybridized carbons (Fsp3) is 0.500. The molecule has 1 atom stereocenters. The van der Waals surface area contributed by atoms with Gasteiger partial charge in [0.2, 0.25) is 5.95 Å². The number of hydrogen-bond acceptors (Lipinski definition) is 5. The van der Waals surface area contributed by atoms with Gasteiger partial charge in [0.1, 0.15) is 5.65 Å². The number of fused-ring (bicyclic) bond motifs is 1. The van der Waals surface area contributed by atoms with Gasteiger partial charge in [0.05, 0.1) is 11.5 Å². The van der Waals surface area contributed by atoms with Crippen molar-refractivity contribution in [2.24, 2.45) is 5.41 Å². The van der Waals surface area contributed by atoms with Gasteiger partial charge in [0.15, 0.2) is 0 Å². The van der Waals surface area contributed by atoms with Crippen LogP contribution in [0.2, 0.25) is 0 Å². The highest BCUT2D eigenvalue weighted by molar-refractivity contribution is 5.79. The summed E-state index contributed by atoms with van der Waals surface area (Å²) in [5.41, 5.74) is 2.35. The number of aromatic nitrogens is 3. The number of nitrogens with zero attached hydrogens (tertiary/aromatic N) is 4. The van der Waals surface area contributed by atoms with Gasteiger partial charge in [-0.1, -0.05) is 31.9 Å². The van der Waals surface area contributed by atoms with Crippen molar-refractivity contribution < 1.29 is 9.90 Å². The zero-order chi connectivity index (χ0) is 22.8. The molecule has 0 spiro atoms. The van der Waals surface area contributed by atoms with E-state index in [1.807, 2.05) is 24.5 Å². The first kappa shape index (κ1) is 21.9. The lowest BCUT2D eigenvalue weighted by molar-refractivity contribution is -0.159. The summed E-state index contributed by atoms with van der Waals surface area (Å²) in [5.74, 6) is -0.161. The lowest BCUT2D eigenvalue weighted by atomic mass is 9.63. The molecule has 7 heteroatoms. The predicted octanol–water partition coefficient (Wildman–Crippen LogP) is 5.37. The number of nitrogens with one attached hydrogen (secondary N) is 1. The molecule has 1 saturated heterocycles. The molecule has 0 bridgehead atoms. The molecular formula is C26H33N5O2. The predicted molar refractivity (Wildman–Crippen MR) is 130 cm³/mol. The minimum absolute atomic E-state index is 0.114. The largest absolute Gasteiger partial charge is 0.481 e. The number of carbonyl (C=O) groups is 1. The highest BCUT2D eigenvalue weighted by Gasteiger charge is 2.51. The first-order valence-electron chi connectivity index (χ1n) is 12.2. The van der Waals surface area contributed by atoms with E-state index in [9.17, 15) is 9.90 Å². The maximum atomic E-state index is 12.2. The van der Waals surface area contributed by atoms with E-state index in [0.29, 0.717) is 5.95 Å². The van der Waals surface area contributed by atoms with Crippen LogP contribution in [0.15, 0.2) is 42.7 Å². The molecule has 3 heterocycles. The van der Waals surface area contributed by atoms with Crippen molar-refractivity contribution in [2.45, 2.75) is 64.5 Å². The van der Waals surface area contributed by atoms with Crippen molar-refractivity contribution in [3.63, 3.8) is 0 Å². The van der Waals surface area contributed by atoms with Crippen LogP contribution in [-0.4, -0.2) is 43.6 Å². The number of anilines is 2. The summed E-state index contributed by atoms with van der Waals surface area (Å²) in [7, 11) is 0. The molecule has 0 radical (unpaired) electrons. The van der Waals surface area contributed by atoms with E-state index >= 15 is 0 Å². The summed E-state index contributed by atoms with van der Waals surface area (Å²) < 4.78 is 2.06. The molecule has 174 valence electrons. The minimum atomic E-state index is -0.694. The van der Waals surface area contributed by atoms with Crippen LogP contribution in [0.5, 0.6) is 0 Å². The molecule has 0 amide bonds. The number of carboxylic acid groups (broad SMARTS) is 1. The minimum Gasteiger partial charge on any atom is -0.481 e. The van der Waals surface area contributed by atoms with Crippen LogP contribution in [0.4, 0.5) is 11.6 Å². The van der Waals surface area contributed by atoms with Crippen molar-refractivity contribution >= 4 is 28.6 Å². The summed E-state index contributed by atoms with van der Waals surface area (Å²) >= 11 is 0. The monoisotopic (exact) mass is 447 g/mol. The topological polar surface area (TPSA) is 83.3 Å². The normalized spacial score (nSPS) is 19.2. The van der Waals surface area contributed by atoms with Gasteiger partial charge in [-0.25, -0.2) is 4.98 Å². The van der Waals surface area contributed by atoms with Crippen molar-refractivity contribution in [1.29, 1.82) is 0 Å². The standard InChI is InChI=1S/C26H33N5O2/c1-2-22(26(24(32)33)11-7-12-26)31-15-10-20-17-27-25(29-23(20)31)28-21-9-6-8-19(16-21)18-30-13-4-3-5-14-30/h6,8-10,15-17,22H,2-5,7,11-14,18H2,1H3,(H,32,33)(H,27,28,29). The third-order valence-electron chi connectivity index (χ3n) is 7.53. The van der Waals surface area contributed by atoms with Crippen LogP contribution in [-0.2, 0) is 11.3 Å². The van der Waals surface area contributed by atoms with Crippen LogP contribution in [0.1, 0.15) is 63.5 Å². The second-order valence-electron chi connectivity index (χ2n) is 9.60. The zero-order valence-corrected chi connectivity index (χ0v) is 19.3. The van der Waals surface area contributed by atoms with Crippen molar-refractivity contribution in [3.05, 3.63) is 48.3 Å². The SMILES string of the molecule is CCC(n1ccc2cnc(Nc3cccc(CN4CCCCC4)c3)nc21)C1(C(=O)O)CCC1. The summed E-state index contributed by atoms with van der Waals surface area (Å²) in [6.45, 7) is 5.37. The average molecular weight is 448 g/mol. The Morgan fingerprint density at radius 1 is 1.18 bits per heavy atom. The molecule has 1 aliphatic heterocycles. The Bertz CT molecular complexity index is 1130. The van der Waals surface area contributed by atoms with Crippen LogP contribution in [0.25, 0.3) is 11.0 Å². The van der Waals surface area contributed by atoms with Gasteiger partial charge in [-0.3, -0.25) is 9.69 Å². The second-order valence-corrected chi connectivity index (χ2v) is 9.60. The molecule has 1 aromatic carbocycles. The molecule has 2 aliphatic rings. The molecule has 33 heavy (non-hydrogen) atoms. The molecule has 1 unspecified atom stereocenters. The molecule has 1 aliphatic carbocycles. The second kappa shape index (κ2) is 9.14. The van der Waals surface area contributed by atoms with Crippen molar-refractivity contribution in [2.75, 3.05) is 18.4 Å². The quantitative estimate of drug-likeness (QED) is 0.483. The van der Waals surface area contributed by atoms with Crippen molar-refractivity contribution in [1.82, 2.24) is 19.4 Å². The van der Waals surface area contributed by atoms with Crippen LogP contribution < -0.4 is 5.32 Å². The van der Waals surface area contributed by atoms with Crippen molar-refractivity contribution in [3.8, 4) is 0 Å². The zero-order valence-electron chi connectivity index (χ0n) is 19.3. The average Bonchev–Trinajstić information content (AvgIpc) is 3.19. The summed E-state index contributed by atoms with van der Waals surface area (Å²) in [4.78, 5) is 24.0. The summed E-state index contributed by atoms with van der Waals surface area (Å²) in [6, 6.07) is 10.3. The maximum Gasteiger partial charge on any atom is 0.311 e. The molecule has 7 nitrogen and oxygen atoms in total. The lowest BCUT2D eigenvalue weighted by Crippen LogP contribution is -2.45. The smallest absolute Gasteiger partial charge is 0.311 e. The maximum absolute atomic E-state index is 12.2. The van der Waals surface area contributed by atoms with Gasteiger partial charge in [0.25, 0.3) is 0 Å². The number of benzene rings is 1. The number of hydrogen-bond donors (Lipinski definition) is 2. The number of likely N-dealkylation sites (tertiary alicyclic amines) is 1. The number of rotatable bonds is 8. The highest BCUT2D eigenvalue weighted by Crippen LogP contribution is 2.51. The molecule has 5 rings (SSSR count). The number of aliphatic carboxylic acids is 1. The van der Waals surface area contributed by atoms with Gasteiger partial charge < -0.3 is 15.0 Å². The Labute approximate surface area is 194 Å². The van der Waals surface area contributed by atoms with E-state index in [2.05, 4.69) is 44.9 Å². The van der Waals surface area contributed by atoms with E-state index < -0.39 is 11.4 Å². The highest BCUT2D eigenvalue weighted by atomic mass is 16.4. The summed E-state index contributed by atoms with van der Waals surface area (Å²) in [6.07, 6.45) is 10.9. The third-order valence-corrected chi connectivity index (χ3v) is 7.53. The number of carboxylic acids is 1. The fourth-order valence-electron chi connectivity index (χ4n) is 5.60. The fourth-order valence-corrected chi connectivity index (χ4v) is 5.60. The Balaban J connectivity index is 1.39. The Hall–Kier alpha value is -2.93. The van der Waals surface area contributed by atoms with E-state index in [1.54, 1.807) is 0 Å². The first-order chi connectivity index (χ1) is 16.1. The van der Waals surface area contributed by atoms with E-state index in [0.717, 1.165) is 48.9 Å². The molecule has 2 fully saturated rings. The Morgan fingerprint density at radius 2 is 2.00 bits per heavy atom. The van der Waals surface area contributed by atoms with Crippen LogP contribution in [0.3, 0.4) is 0 Å². The van der Waals surface area contributed by atoms with E-state index in [4.69, 9.17) is 4.98 Å². The van der Waals surface area contributed by atoms with E-state index in [1.165, 1.54) is 37.9 Å². The molecule has 2 aromatic heterocycles. The van der Waals surface area contributed by atoms with Gasteiger partial charge in [0, 0.05) is 30.0 Å². The van der Waals surface area contributed by atoms with E-state index in [-0.39, 0.29) is 6.04 Å². The Morgan fingerprint density at radius 3 is 2.70 bits per heavy atom. The molecule has 3 aromatic rings. The van der Waals surface area contributed by atoms with Crippen LogP contribution in [0, 0.1) is 5.41 Å². The molecule has 2 N–H and O–H groups in total. The van der Waals surface area contributed by atoms with Gasteiger partial charge >= 0.3 is 5.97 Å². The van der Waals surface area contributed by atoms with Gasteiger partial charge in [-0.05, 0) is 69.0 Å². The first-order valence-corrected chi connectivity index (χ1v) is 12.2. The van der Waals surface area contributed by atoms with Crippen LogP contribution >= 0.6 is 0 Å². The van der Waals surface area contributed by atoms with Gasteiger partial charge in [-0.2, -0.15) is 4.98 Å².